The number of imide groups is 1. The molecule has 1 aliphatic carbocycles. The molecule has 3 amide bonds. The number of nitrogens with zero attached hydrogens (tertiary/aromatic N) is 2. The van der Waals surface area contributed by atoms with Gasteiger partial charge in [-0.25, -0.2) is 0 Å². The molecule has 2 fully saturated rings. The third kappa shape index (κ3) is 4.16. The van der Waals surface area contributed by atoms with Gasteiger partial charge in [0.15, 0.2) is 0 Å². The van der Waals surface area contributed by atoms with Crippen LogP contribution in [0.15, 0.2) is 60.7 Å². The van der Waals surface area contributed by atoms with Crippen molar-refractivity contribution in [2.24, 2.45) is 23.7 Å². The van der Waals surface area contributed by atoms with Gasteiger partial charge in [-0.05, 0) is 60.7 Å². The van der Waals surface area contributed by atoms with E-state index in [1.165, 1.54) is 10.5 Å². The quantitative estimate of drug-likeness (QED) is 0.285. The second-order valence-corrected chi connectivity index (χ2v) is 9.51. The van der Waals surface area contributed by atoms with E-state index in [0.717, 1.165) is 12.1 Å². The van der Waals surface area contributed by atoms with E-state index < -0.39 is 11.9 Å². The maximum atomic E-state index is 13.0. The number of hydrogen-bond acceptors (Lipinski definition) is 5. The molecule has 2 aliphatic heterocycles. The van der Waals surface area contributed by atoms with Gasteiger partial charge in [0.25, 0.3) is 0 Å². The van der Waals surface area contributed by atoms with Gasteiger partial charge in [0.1, 0.15) is 5.75 Å². The van der Waals surface area contributed by atoms with Crippen LogP contribution in [0, 0.1) is 23.7 Å². The zero-order valence-electron chi connectivity index (χ0n) is 19.8. The van der Waals surface area contributed by atoms with E-state index in [0.29, 0.717) is 17.9 Å². The van der Waals surface area contributed by atoms with Gasteiger partial charge >= 0.3 is 5.97 Å². The van der Waals surface area contributed by atoms with E-state index in [9.17, 15) is 19.2 Å². The van der Waals surface area contributed by atoms with Crippen molar-refractivity contribution < 1.29 is 23.9 Å². The molecule has 4 atom stereocenters. The Morgan fingerprint density at radius 1 is 0.971 bits per heavy atom. The van der Waals surface area contributed by atoms with Gasteiger partial charge in [0.05, 0.1) is 23.4 Å². The van der Waals surface area contributed by atoms with Crippen LogP contribution in [-0.2, 0) is 25.6 Å². The molecule has 2 saturated heterocycles. The van der Waals surface area contributed by atoms with Gasteiger partial charge in [-0.1, -0.05) is 38.1 Å². The lowest BCUT2D eigenvalue weighted by molar-refractivity contribution is -0.139. The fourth-order valence-corrected chi connectivity index (χ4v) is 5.29. The Morgan fingerprint density at radius 3 is 2.31 bits per heavy atom. The molecule has 5 rings (SSSR count). The van der Waals surface area contributed by atoms with Crippen molar-refractivity contribution in [2.75, 3.05) is 16.3 Å². The summed E-state index contributed by atoms with van der Waals surface area (Å²) in [6.45, 7) is 4.30. The molecular weight excluding hydrogens is 444 g/mol. The molecule has 2 aromatic rings. The highest BCUT2D eigenvalue weighted by Crippen LogP contribution is 2.40. The predicted molar refractivity (Wildman–Crippen MR) is 131 cm³/mol. The SMILES string of the molecule is CCc1ccc(N2C[C@H](C(=O)Oc3ccc(N4C(=O)[C@H]5[C@@H](C)C=CC[C@H]5C4=O)cc3)CC2=O)cc1. The zero-order chi connectivity index (χ0) is 24.7. The number of amides is 3. The van der Waals surface area contributed by atoms with Crippen LogP contribution in [-0.4, -0.2) is 30.2 Å². The summed E-state index contributed by atoms with van der Waals surface area (Å²) in [4.78, 5) is 54.0. The van der Waals surface area contributed by atoms with Crippen LogP contribution in [0.1, 0.15) is 32.3 Å². The van der Waals surface area contributed by atoms with Crippen molar-refractivity contribution in [3.05, 3.63) is 66.2 Å². The molecule has 180 valence electrons. The first kappa shape index (κ1) is 23.0. The highest BCUT2D eigenvalue weighted by atomic mass is 16.5. The Balaban J connectivity index is 1.24. The molecule has 2 heterocycles. The molecule has 0 aromatic heterocycles. The normalized spacial score (nSPS) is 25.8. The van der Waals surface area contributed by atoms with E-state index in [4.69, 9.17) is 4.74 Å². The number of benzene rings is 2. The molecule has 7 heteroatoms. The van der Waals surface area contributed by atoms with Crippen molar-refractivity contribution in [2.45, 2.75) is 33.1 Å². The van der Waals surface area contributed by atoms with Crippen LogP contribution in [0.5, 0.6) is 5.75 Å². The molecule has 0 saturated carbocycles. The Kier molecular flexibility index (Phi) is 6.01. The Hall–Kier alpha value is -3.74. The van der Waals surface area contributed by atoms with Crippen LogP contribution in [0.25, 0.3) is 0 Å². The number of ether oxygens (including phenoxy) is 1. The van der Waals surface area contributed by atoms with Crippen LogP contribution in [0.3, 0.4) is 0 Å². The number of anilines is 2. The summed E-state index contributed by atoms with van der Waals surface area (Å²) in [5.74, 6) is -1.83. The predicted octanol–water partition coefficient (Wildman–Crippen LogP) is 3.91. The number of allylic oxidation sites excluding steroid dienone is 2. The number of rotatable bonds is 5. The number of aryl methyl sites for hydroxylation is 1. The van der Waals surface area contributed by atoms with E-state index in [1.807, 2.05) is 43.3 Å². The Bertz CT molecular complexity index is 1200. The first-order valence-corrected chi connectivity index (χ1v) is 12.1. The van der Waals surface area contributed by atoms with Crippen molar-refractivity contribution in [3.8, 4) is 5.75 Å². The van der Waals surface area contributed by atoms with Crippen LogP contribution < -0.4 is 14.5 Å². The minimum atomic E-state index is -0.563. The molecule has 7 nitrogen and oxygen atoms in total. The fourth-order valence-electron chi connectivity index (χ4n) is 5.29. The lowest BCUT2D eigenvalue weighted by Crippen LogP contribution is -2.31. The molecule has 0 radical (unpaired) electrons. The summed E-state index contributed by atoms with van der Waals surface area (Å²) >= 11 is 0. The molecule has 2 aromatic carbocycles. The van der Waals surface area contributed by atoms with Crippen molar-refractivity contribution in [1.29, 1.82) is 0 Å². The fraction of sp³-hybridized carbons (Fsp3) is 0.357. The van der Waals surface area contributed by atoms with Crippen molar-refractivity contribution in [1.82, 2.24) is 0 Å². The zero-order valence-corrected chi connectivity index (χ0v) is 19.8. The third-order valence-corrected chi connectivity index (χ3v) is 7.30. The number of carbonyl (C=O) groups excluding carboxylic acids is 4. The minimum absolute atomic E-state index is 0.0219. The summed E-state index contributed by atoms with van der Waals surface area (Å²) in [5.41, 5.74) is 2.43. The molecule has 3 aliphatic rings. The summed E-state index contributed by atoms with van der Waals surface area (Å²) in [7, 11) is 0. The smallest absolute Gasteiger partial charge is 0.316 e. The van der Waals surface area contributed by atoms with Crippen molar-refractivity contribution >= 4 is 35.1 Å². The average molecular weight is 473 g/mol. The maximum Gasteiger partial charge on any atom is 0.316 e. The molecule has 0 N–H and O–H groups in total. The number of carbonyl (C=O) groups is 4. The van der Waals surface area contributed by atoms with Crippen molar-refractivity contribution in [3.63, 3.8) is 0 Å². The molecule has 35 heavy (non-hydrogen) atoms. The Morgan fingerprint density at radius 2 is 1.66 bits per heavy atom. The lowest BCUT2D eigenvalue weighted by Gasteiger charge is -2.22. The van der Waals surface area contributed by atoms with Gasteiger partial charge in [-0.2, -0.15) is 0 Å². The topological polar surface area (TPSA) is 84.0 Å². The monoisotopic (exact) mass is 472 g/mol. The summed E-state index contributed by atoms with van der Waals surface area (Å²) < 4.78 is 5.53. The van der Waals surface area contributed by atoms with Gasteiger partial charge < -0.3 is 9.64 Å². The standard InChI is InChI=1S/C28H28N2O5/c1-3-18-7-9-20(10-8-18)29-16-19(15-24(29)31)28(34)35-22-13-11-21(12-14-22)30-26(32)23-6-4-5-17(2)25(23)27(30)33/h4-5,7-14,17,19,23,25H,3,6,15-16H2,1-2H3/t17-,19+,23+,25-/m0/s1. The first-order valence-electron chi connectivity index (χ1n) is 12.1. The van der Waals surface area contributed by atoms with Gasteiger partial charge in [-0.15, -0.1) is 0 Å². The van der Waals surface area contributed by atoms with Gasteiger partial charge in [-0.3, -0.25) is 24.1 Å². The molecule has 0 unspecified atom stereocenters. The second-order valence-electron chi connectivity index (χ2n) is 9.51. The summed E-state index contributed by atoms with van der Waals surface area (Å²) in [6.07, 6.45) is 5.55. The molecule has 0 bridgehead atoms. The van der Waals surface area contributed by atoms with Crippen LogP contribution >= 0.6 is 0 Å². The number of fused-ring (bicyclic) bond motifs is 1. The average Bonchev–Trinajstić information content (AvgIpc) is 3.38. The Labute approximate surface area is 204 Å². The largest absolute Gasteiger partial charge is 0.426 e. The van der Waals surface area contributed by atoms with E-state index in [1.54, 1.807) is 29.2 Å². The van der Waals surface area contributed by atoms with Gasteiger partial charge in [0.2, 0.25) is 17.7 Å². The van der Waals surface area contributed by atoms with E-state index in [2.05, 4.69) is 6.92 Å². The maximum absolute atomic E-state index is 13.0. The summed E-state index contributed by atoms with van der Waals surface area (Å²) in [5, 5.41) is 0. The molecule has 0 spiro atoms. The third-order valence-electron chi connectivity index (χ3n) is 7.30. The number of hydrogen-bond donors (Lipinski definition) is 0. The number of esters is 1. The van der Waals surface area contributed by atoms with Crippen LogP contribution in [0.2, 0.25) is 0 Å². The summed E-state index contributed by atoms with van der Waals surface area (Å²) in [6, 6.07) is 14.2. The van der Waals surface area contributed by atoms with Gasteiger partial charge in [0, 0.05) is 18.7 Å². The first-order chi connectivity index (χ1) is 16.9. The second kappa shape index (κ2) is 9.13. The molecular formula is C28H28N2O5. The highest BCUT2D eigenvalue weighted by Gasteiger charge is 2.50. The highest BCUT2D eigenvalue weighted by molar-refractivity contribution is 6.22. The lowest BCUT2D eigenvalue weighted by atomic mass is 9.78. The van der Waals surface area contributed by atoms with E-state index >= 15 is 0 Å². The minimum Gasteiger partial charge on any atom is -0.426 e. The van der Waals surface area contributed by atoms with Crippen LogP contribution in [0.4, 0.5) is 11.4 Å². The van der Waals surface area contributed by atoms with E-state index in [-0.39, 0.29) is 48.4 Å².